The molecule has 0 aliphatic carbocycles. The van der Waals surface area contributed by atoms with Crippen LogP contribution in [0.1, 0.15) is 36.6 Å². The number of benzene rings is 1. The number of nitrogens with one attached hydrogen (secondary N) is 1. The Morgan fingerprint density at radius 1 is 1.39 bits per heavy atom. The van der Waals surface area contributed by atoms with Crippen LogP contribution in [0.15, 0.2) is 24.4 Å². The van der Waals surface area contributed by atoms with Gasteiger partial charge in [-0.1, -0.05) is 24.6 Å². The molecule has 18 heavy (non-hydrogen) atoms. The van der Waals surface area contributed by atoms with Crippen molar-refractivity contribution in [2.75, 3.05) is 6.61 Å². The van der Waals surface area contributed by atoms with Crippen LogP contribution in [0.4, 0.5) is 0 Å². The number of H-pyrrole nitrogens is 1. The molecule has 96 valence electrons. The molecule has 0 aliphatic heterocycles. The molecule has 0 saturated heterocycles. The van der Waals surface area contributed by atoms with Gasteiger partial charge < -0.3 is 4.74 Å². The first-order valence-electron chi connectivity index (χ1n) is 6.28. The van der Waals surface area contributed by atoms with Gasteiger partial charge in [-0.15, -0.1) is 0 Å². The van der Waals surface area contributed by atoms with E-state index in [1.165, 1.54) is 11.1 Å². The minimum absolute atomic E-state index is 0.358. The lowest BCUT2D eigenvalue weighted by atomic mass is 9.94. The topological polar surface area (TPSA) is 50.8 Å². The highest BCUT2D eigenvalue weighted by Gasteiger charge is 2.14. The summed E-state index contributed by atoms with van der Waals surface area (Å²) in [4.78, 5) is 0. The van der Waals surface area contributed by atoms with Crippen molar-refractivity contribution >= 4 is 0 Å². The van der Waals surface area contributed by atoms with E-state index >= 15 is 0 Å². The fourth-order valence-corrected chi connectivity index (χ4v) is 2.09. The van der Waals surface area contributed by atoms with E-state index in [1.54, 1.807) is 6.20 Å². The molecule has 1 atom stereocenters. The minimum Gasteiger partial charge on any atom is -0.494 e. The molecule has 1 aromatic carbocycles. The normalized spacial score (nSPS) is 12.4. The van der Waals surface area contributed by atoms with Gasteiger partial charge in [0.1, 0.15) is 5.75 Å². The lowest BCUT2D eigenvalue weighted by Crippen LogP contribution is -2.04. The summed E-state index contributed by atoms with van der Waals surface area (Å²) in [6, 6.07) is 6.32. The van der Waals surface area contributed by atoms with Crippen molar-refractivity contribution in [1.29, 1.82) is 0 Å². The molecule has 0 amide bonds. The Morgan fingerprint density at radius 2 is 2.22 bits per heavy atom. The Bertz CT molecular complexity index is 494. The third kappa shape index (κ3) is 2.88. The van der Waals surface area contributed by atoms with E-state index in [9.17, 15) is 0 Å². The van der Waals surface area contributed by atoms with Gasteiger partial charge in [0, 0.05) is 0 Å². The van der Waals surface area contributed by atoms with Gasteiger partial charge in [0.15, 0.2) is 0 Å². The van der Waals surface area contributed by atoms with Crippen LogP contribution < -0.4 is 4.74 Å². The van der Waals surface area contributed by atoms with Crippen LogP contribution in [-0.4, -0.2) is 22.0 Å². The largest absolute Gasteiger partial charge is 0.494 e. The highest BCUT2D eigenvalue weighted by molar-refractivity contribution is 5.39. The maximum atomic E-state index is 5.69. The monoisotopic (exact) mass is 245 g/mol. The molecular weight excluding hydrogens is 226 g/mol. The molecular formula is C14H19N3O. The quantitative estimate of drug-likeness (QED) is 0.881. The number of aromatic amines is 1. The van der Waals surface area contributed by atoms with Crippen LogP contribution >= 0.6 is 0 Å². The average Bonchev–Trinajstić information content (AvgIpc) is 2.84. The average molecular weight is 245 g/mol. The van der Waals surface area contributed by atoms with Gasteiger partial charge in [-0.3, -0.25) is 0 Å². The molecule has 1 unspecified atom stereocenters. The maximum Gasteiger partial charge on any atom is 0.122 e. The van der Waals surface area contributed by atoms with Gasteiger partial charge in [0.05, 0.1) is 18.5 Å². The molecule has 0 saturated carbocycles. The molecule has 2 rings (SSSR count). The van der Waals surface area contributed by atoms with Crippen molar-refractivity contribution in [2.45, 2.75) is 33.1 Å². The summed E-state index contributed by atoms with van der Waals surface area (Å²) in [5.41, 5.74) is 3.46. The van der Waals surface area contributed by atoms with Crippen LogP contribution in [0.2, 0.25) is 0 Å². The van der Waals surface area contributed by atoms with Gasteiger partial charge >= 0.3 is 0 Å². The molecule has 0 spiro atoms. The lowest BCUT2D eigenvalue weighted by Gasteiger charge is -2.16. The van der Waals surface area contributed by atoms with Crippen LogP contribution in [0, 0.1) is 6.92 Å². The van der Waals surface area contributed by atoms with E-state index in [0.29, 0.717) is 12.5 Å². The van der Waals surface area contributed by atoms with Crippen LogP contribution in [0.3, 0.4) is 0 Å². The van der Waals surface area contributed by atoms with Gasteiger partial charge in [-0.05, 0) is 37.8 Å². The first-order chi connectivity index (χ1) is 8.70. The first kappa shape index (κ1) is 12.6. The fourth-order valence-electron chi connectivity index (χ4n) is 2.09. The van der Waals surface area contributed by atoms with Crippen LogP contribution in [0.25, 0.3) is 0 Å². The molecule has 0 radical (unpaired) electrons. The summed E-state index contributed by atoms with van der Waals surface area (Å²) in [5, 5.41) is 10.6. The number of hydrogen-bond acceptors (Lipinski definition) is 3. The number of hydrogen-bond donors (Lipinski definition) is 1. The van der Waals surface area contributed by atoms with E-state index in [1.807, 2.05) is 13.0 Å². The molecule has 0 fully saturated rings. The Balaban J connectivity index is 2.22. The zero-order chi connectivity index (χ0) is 13.0. The molecule has 2 aromatic rings. The number of aromatic nitrogens is 3. The molecule has 1 aromatic heterocycles. The SMILES string of the molecule is CCOc1ccc(C)cc1C(C)Cc1cn[nH]n1. The van der Waals surface area contributed by atoms with Crippen molar-refractivity contribution in [3.8, 4) is 5.75 Å². The van der Waals surface area contributed by atoms with Crippen LogP contribution in [0.5, 0.6) is 5.75 Å². The summed E-state index contributed by atoms with van der Waals surface area (Å²) >= 11 is 0. The first-order valence-corrected chi connectivity index (χ1v) is 6.28. The van der Waals surface area contributed by atoms with Crippen molar-refractivity contribution in [3.05, 3.63) is 41.2 Å². The van der Waals surface area contributed by atoms with E-state index in [0.717, 1.165) is 17.9 Å². The summed E-state index contributed by atoms with van der Waals surface area (Å²) in [5.74, 6) is 1.33. The predicted octanol–water partition coefficient (Wildman–Crippen LogP) is 2.86. The highest BCUT2D eigenvalue weighted by atomic mass is 16.5. The number of ether oxygens (including phenoxy) is 1. The van der Waals surface area contributed by atoms with Gasteiger partial charge in [0.25, 0.3) is 0 Å². The second-order valence-electron chi connectivity index (χ2n) is 4.54. The van der Waals surface area contributed by atoms with Gasteiger partial charge in [0.2, 0.25) is 0 Å². The zero-order valence-corrected chi connectivity index (χ0v) is 11.1. The predicted molar refractivity (Wildman–Crippen MR) is 70.8 cm³/mol. The molecule has 1 heterocycles. The molecule has 0 bridgehead atoms. The third-order valence-corrected chi connectivity index (χ3v) is 2.98. The zero-order valence-electron chi connectivity index (χ0n) is 11.1. The Morgan fingerprint density at radius 3 is 2.89 bits per heavy atom. The Labute approximate surface area is 107 Å². The standard InChI is InChI=1S/C14H19N3O/c1-4-18-14-6-5-10(2)7-13(14)11(3)8-12-9-15-17-16-12/h5-7,9,11H,4,8H2,1-3H3,(H,15,16,17). The van der Waals surface area contributed by atoms with E-state index in [-0.39, 0.29) is 0 Å². The summed E-state index contributed by atoms with van der Waals surface area (Å²) in [7, 11) is 0. The number of nitrogens with zero attached hydrogens (tertiary/aromatic N) is 2. The molecule has 4 heteroatoms. The summed E-state index contributed by atoms with van der Waals surface area (Å²) in [6.45, 7) is 6.98. The molecule has 4 nitrogen and oxygen atoms in total. The Kier molecular flexibility index (Phi) is 3.97. The molecule has 0 aliphatic rings. The number of rotatable bonds is 5. The smallest absolute Gasteiger partial charge is 0.122 e. The van der Waals surface area contributed by atoms with Crippen molar-refractivity contribution in [2.24, 2.45) is 0 Å². The van der Waals surface area contributed by atoms with Gasteiger partial charge in [-0.25, -0.2) is 0 Å². The third-order valence-electron chi connectivity index (χ3n) is 2.98. The highest BCUT2D eigenvalue weighted by Crippen LogP contribution is 2.29. The van der Waals surface area contributed by atoms with E-state index in [4.69, 9.17) is 4.74 Å². The second kappa shape index (κ2) is 5.67. The number of aryl methyl sites for hydroxylation is 1. The van der Waals surface area contributed by atoms with Crippen molar-refractivity contribution in [3.63, 3.8) is 0 Å². The maximum absolute atomic E-state index is 5.69. The summed E-state index contributed by atoms with van der Waals surface area (Å²) < 4.78 is 5.69. The van der Waals surface area contributed by atoms with Crippen molar-refractivity contribution in [1.82, 2.24) is 15.4 Å². The summed E-state index contributed by atoms with van der Waals surface area (Å²) in [6.07, 6.45) is 2.63. The van der Waals surface area contributed by atoms with E-state index < -0.39 is 0 Å². The fraction of sp³-hybridized carbons (Fsp3) is 0.429. The second-order valence-corrected chi connectivity index (χ2v) is 4.54. The molecule has 1 N–H and O–H groups in total. The van der Waals surface area contributed by atoms with Crippen molar-refractivity contribution < 1.29 is 4.74 Å². The van der Waals surface area contributed by atoms with Crippen LogP contribution in [-0.2, 0) is 6.42 Å². The van der Waals surface area contributed by atoms with Gasteiger partial charge in [-0.2, -0.15) is 15.4 Å². The lowest BCUT2D eigenvalue weighted by molar-refractivity contribution is 0.334. The minimum atomic E-state index is 0.358. The Hall–Kier alpha value is -1.84. The van der Waals surface area contributed by atoms with E-state index in [2.05, 4.69) is 41.4 Å².